The molecular weight excluding hydrogens is 155 g/mol. The van der Waals surface area contributed by atoms with Crippen LogP contribution in [0, 0.1) is 5.82 Å². The highest BCUT2D eigenvalue weighted by atomic mass is 19.1. The van der Waals surface area contributed by atoms with Gasteiger partial charge in [0.2, 0.25) is 0 Å². The van der Waals surface area contributed by atoms with Gasteiger partial charge in [-0.25, -0.2) is 4.39 Å². The number of anilines is 1. The van der Waals surface area contributed by atoms with E-state index in [9.17, 15) is 4.39 Å². The highest BCUT2D eigenvalue weighted by Gasteiger charge is 2.17. The number of benzene rings is 1. The van der Waals surface area contributed by atoms with Gasteiger partial charge in [-0.05, 0) is 37.6 Å². The largest absolute Gasteiger partial charge is 0.398 e. The molecule has 1 aromatic rings. The van der Waals surface area contributed by atoms with Crippen molar-refractivity contribution in [2.45, 2.75) is 19.4 Å². The van der Waals surface area contributed by atoms with Gasteiger partial charge in [0.15, 0.2) is 0 Å². The maximum absolute atomic E-state index is 12.8. The molecule has 0 heterocycles. The normalized spacial score (nSPS) is 11.7. The smallest absolute Gasteiger partial charge is 0.123 e. The van der Waals surface area contributed by atoms with Crippen LogP contribution in [0.25, 0.3) is 0 Å². The maximum Gasteiger partial charge on any atom is 0.123 e. The Hall–Kier alpha value is -1.09. The van der Waals surface area contributed by atoms with Crippen LogP contribution in [-0.2, 0) is 5.54 Å². The van der Waals surface area contributed by atoms with E-state index >= 15 is 0 Å². The third kappa shape index (κ3) is 1.74. The topological polar surface area (TPSA) is 52.0 Å². The van der Waals surface area contributed by atoms with Crippen LogP contribution >= 0.6 is 0 Å². The summed E-state index contributed by atoms with van der Waals surface area (Å²) >= 11 is 0. The Morgan fingerprint density at radius 2 is 1.92 bits per heavy atom. The minimum absolute atomic E-state index is 0.308. The molecule has 0 unspecified atom stereocenters. The van der Waals surface area contributed by atoms with Gasteiger partial charge in [-0.3, -0.25) is 0 Å². The molecule has 0 amide bonds. The van der Waals surface area contributed by atoms with Crippen molar-refractivity contribution < 1.29 is 4.39 Å². The van der Waals surface area contributed by atoms with Crippen molar-refractivity contribution in [2.24, 2.45) is 5.73 Å². The molecule has 0 aromatic heterocycles. The van der Waals surface area contributed by atoms with E-state index in [1.807, 2.05) is 0 Å². The standard InChI is InChI=1S/C9H13FN2/c1-9(2,12)7-5-6(10)3-4-8(7)11/h3-5H,11-12H2,1-2H3. The highest BCUT2D eigenvalue weighted by Crippen LogP contribution is 2.23. The number of rotatable bonds is 1. The van der Waals surface area contributed by atoms with Crippen molar-refractivity contribution in [3.63, 3.8) is 0 Å². The van der Waals surface area contributed by atoms with E-state index in [2.05, 4.69) is 0 Å². The predicted octanol–water partition coefficient (Wildman–Crippen LogP) is 1.60. The Kier molecular flexibility index (Phi) is 2.06. The molecule has 12 heavy (non-hydrogen) atoms. The molecule has 0 atom stereocenters. The van der Waals surface area contributed by atoms with Gasteiger partial charge in [-0.1, -0.05) is 0 Å². The lowest BCUT2D eigenvalue weighted by atomic mass is 9.94. The van der Waals surface area contributed by atoms with Crippen LogP contribution in [0.1, 0.15) is 19.4 Å². The molecule has 0 aliphatic heterocycles. The lowest BCUT2D eigenvalue weighted by Crippen LogP contribution is -2.29. The summed E-state index contributed by atoms with van der Waals surface area (Å²) in [6.07, 6.45) is 0. The molecule has 0 saturated heterocycles. The monoisotopic (exact) mass is 168 g/mol. The van der Waals surface area contributed by atoms with Gasteiger partial charge in [-0.15, -0.1) is 0 Å². The van der Waals surface area contributed by atoms with E-state index in [1.54, 1.807) is 13.8 Å². The Bertz CT molecular complexity index is 289. The fourth-order valence-corrected chi connectivity index (χ4v) is 1.09. The first-order valence-electron chi connectivity index (χ1n) is 3.75. The second-order valence-corrected chi connectivity index (χ2v) is 3.45. The Morgan fingerprint density at radius 1 is 1.33 bits per heavy atom. The Labute approximate surface area is 71.4 Å². The number of nitrogen functional groups attached to an aromatic ring is 1. The van der Waals surface area contributed by atoms with Gasteiger partial charge in [0.1, 0.15) is 5.82 Å². The molecule has 0 fully saturated rings. The van der Waals surface area contributed by atoms with Crippen LogP contribution in [0.4, 0.5) is 10.1 Å². The fraction of sp³-hybridized carbons (Fsp3) is 0.333. The van der Waals surface area contributed by atoms with E-state index in [0.29, 0.717) is 11.3 Å². The zero-order chi connectivity index (χ0) is 9.35. The first-order chi connectivity index (χ1) is 5.41. The van der Waals surface area contributed by atoms with E-state index in [4.69, 9.17) is 11.5 Å². The quantitative estimate of drug-likeness (QED) is 0.626. The lowest BCUT2D eigenvalue weighted by Gasteiger charge is -2.20. The van der Waals surface area contributed by atoms with Crippen molar-refractivity contribution >= 4 is 5.69 Å². The Balaban J connectivity index is 3.23. The summed E-state index contributed by atoms with van der Waals surface area (Å²) in [6, 6.07) is 4.22. The molecule has 0 bridgehead atoms. The molecule has 1 rings (SSSR count). The van der Waals surface area contributed by atoms with Gasteiger partial charge in [-0.2, -0.15) is 0 Å². The lowest BCUT2D eigenvalue weighted by molar-refractivity contribution is 0.546. The second-order valence-electron chi connectivity index (χ2n) is 3.45. The summed E-state index contributed by atoms with van der Waals surface area (Å²) in [7, 11) is 0. The molecule has 2 nitrogen and oxygen atoms in total. The van der Waals surface area contributed by atoms with E-state index in [0.717, 1.165) is 0 Å². The average molecular weight is 168 g/mol. The summed E-state index contributed by atoms with van der Waals surface area (Å²) < 4.78 is 12.8. The molecule has 1 aromatic carbocycles. The van der Waals surface area contributed by atoms with Crippen molar-refractivity contribution in [3.05, 3.63) is 29.6 Å². The zero-order valence-corrected chi connectivity index (χ0v) is 7.26. The number of hydrogen-bond acceptors (Lipinski definition) is 2. The maximum atomic E-state index is 12.8. The van der Waals surface area contributed by atoms with Gasteiger partial charge in [0.05, 0.1) is 0 Å². The molecule has 0 aliphatic carbocycles. The van der Waals surface area contributed by atoms with Gasteiger partial charge >= 0.3 is 0 Å². The van der Waals surface area contributed by atoms with Crippen LogP contribution in [-0.4, -0.2) is 0 Å². The first kappa shape index (κ1) is 9.00. The minimum Gasteiger partial charge on any atom is -0.398 e. The highest BCUT2D eigenvalue weighted by molar-refractivity contribution is 5.49. The summed E-state index contributed by atoms with van der Waals surface area (Å²) in [5.41, 5.74) is 12.0. The molecule has 0 spiro atoms. The summed E-state index contributed by atoms with van der Waals surface area (Å²) in [6.45, 7) is 3.58. The summed E-state index contributed by atoms with van der Waals surface area (Å²) in [5, 5.41) is 0. The number of halogens is 1. The number of nitrogens with two attached hydrogens (primary N) is 2. The van der Waals surface area contributed by atoms with Crippen LogP contribution in [0.2, 0.25) is 0 Å². The molecule has 0 saturated carbocycles. The van der Waals surface area contributed by atoms with Crippen LogP contribution in [0.3, 0.4) is 0 Å². The summed E-state index contributed by atoms with van der Waals surface area (Å²) in [4.78, 5) is 0. The fourth-order valence-electron chi connectivity index (χ4n) is 1.09. The van der Waals surface area contributed by atoms with E-state index in [1.165, 1.54) is 18.2 Å². The first-order valence-corrected chi connectivity index (χ1v) is 3.75. The van der Waals surface area contributed by atoms with E-state index < -0.39 is 5.54 Å². The molecule has 3 heteroatoms. The van der Waals surface area contributed by atoms with Gasteiger partial charge in [0, 0.05) is 11.2 Å². The summed E-state index contributed by atoms with van der Waals surface area (Å²) in [5.74, 6) is -0.308. The van der Waals surface area contributed by atoms with Crippen LogP contribution in [0.5, 0.6) is 0 Å². The third-order valence-corrected chi connectivity index (χ3v) is 1.71. The van der Waals surface area contributed by atoms with Crippen molar-refractivity contribution in [3.8, 4) is 0 Å². The average Bonchev–Trinajstić information content (AvgIpc) is 1.92. The molecular formula is C9H13FN2. The molecule has 0 radical (unpaired) electrons. The van der Waals surface area contributed by atoms with E-state index in [-0.39, 0.29) is 5.82 Å². The molecule has 66 valence electrons. The van der Waals surface area contributed by atoms with Crippen molar-refractivity contribution in [2.75, 3.05) is 5.73 Å². The van der Waals surface area contributed by atoms with Gasteiger partial charge in [0.25, 0.3) is 0 Å². The van der Waals surface area contributed by atoms with Crippen LogP contribution in [0.15, 0.2) is 18.2 Å². The molecule has 4 N–H and O–H groups in total. The third-order valence-electron chi connectivity index (χ3n) is 1.71. The Morgan fingerprint density at radius 3 is 2.33 bits per heavy atom. The molecule has 0 aliphatic rings. The SMILES string of the molecule is CC(C)(N)c1cc(F)ccc1N. The van der Waals surface area contributed by atoms with Crippen LogP contribution < -0.4 is 11.5 Å². The zero-order valence-electron chi connectivity index (χ0n) is 7.26. The van der Waals surface area contributed by atoms with Gasteiger partial charge < -0.3 is 11.5 Å². The van der Waals surface area contributed by atoms with Crippen molar-refractivity contribution in [1.29, 1.82) is 0 Å². The predicted molar refractivity (Wildman–Crippen MR) is 48.0 cm³/mol. The number of hydrogen-bond donors (Lipinski definition) is 2. The van der Waals surface area contributed by atoms with Crippen molar-refractivity contribution in [1.82, 2.24) is 0 Å². The second kappa shape index (κ2) is 2.75. The minimum atomic E-state index is -0.591.